The van der Waals surface area contributed by atoms with Crippen LogP contribution in [0.4, 0.5) is 0 Å². The predicted octanol–water partition coefficient (Wildman–Crippen LogP) is 0.889. The number of hydrogen-bond acceptors (Lipinski definition) is 5. The zero-order valence-electron chi connectivity index (χ0n) is 10.0. The van der Waals surface area contributed by atoms with Gasteiger partial charge in [-0.15, -0.1) is 0 Å². The van der Waals surface area contributed by atoms with E-state index in [2.05, 4.69) is 5.32 Å². The smallest absolute Gasteiger partial charge is 0.164 e. The predicted molar refractivity (Wildman–Crippen MR) is 62.1 cm³/mol. The van der Waals surface area contributed by atoms with Gasteiger partial charge in [-0.3, -0.25) is 0 Å². The monoisotopic (exact) mass is 226 g/mol. The van der Waals surface area contributed by atoms with Crippen molar-refractivity contribution in [2.24, 2.45) is 5.73 Å². The van der Waals surface area contributed by atoms with Crippen LogP contribution in [0.3, 0.4) is 0 Å². The van der Waals surface area contributed by atoms with Crippen LogP contribution in [-0.4, -0.2) is 28.4 Å². The summed E-state index contributed by atoms with van der Waals surface area (Å²) >= 11 is 0. The van der Waals surface area contributed by atoms with Crippen LogP contribution in [-0.2, 0) is 0 Å². The van der Waals surface area contributed by atoms with Crippen molar-refractivity contribution in [2.45, 2.75) is 6.17 Å². The molecule has 0 bridgehead atoms. The molecule has 5 nitrogen and oxygen atoms in total. The van der Waals surface area contributed by atoms with Gasteiger partial charge >= 0.3 is 0 Å². The topological polar surface area (TPSA) is 65.7 Å². The minimum absolute atomic E-state index is 0.310. The number of ether oxygens (including phenoxy) is 3. The molecule has 90 valence electrons. The number of nitrogens with one attached hydrogen (secondary N) is 1. The van der Waals surface area contributed by atoms with E-state index in [1.165, 1.54) is 0 Å². The zero-order valence-corrected chi connectivity index (χ0v) is 10.0. The van der Waals surface area contributed by atoms with Gasteiger partial charge in [0.05, 0.1) is 27.5 Å². The highest BCUT2D eigenvalue weighted by Crippen LogP contribution is 2.36. The highest BCUT2D eigenvalue weighted by Gasteiger charge is 2.15. The molecule has 3 N–H and O–H groups in total. The SMILES string of the molecule is CNC(N)c1cc(OC)c(OC)cc1OC. The highest BCUT2D eigenvalue weighted by molar-refractivity contribution is 5.51. The molecule has 0 fully saturated rings. The summed E-state index contributed by atoms with van der Waals surface area (Å²) in [6, 6.07) is 3.56. The van der Waals surface area contributed by atoms with E-state index in [0.29, 0.717) is 17.2 Å². The fraction of sp³-hybridized carbons (Fsp3) is 0.455. The first-order valence-electron chi connectivity index (χ1n) is 4.90. The molecule has 1 unspecified atom stereocenters. The van der Waals surface area contributed by atoms with Gasteiger partial charge in [-0.1, -0.05) is 0 Å². The van der Waals surface area contributed by atoms with Crippen molar-refractivity contribution >= 4 is 0 Å². The molecule has 1 aromatic rings. The van der Waals surface area contributed by atoms with Gasteiger partial charge in [0.15, 0.2) is 11.5 Å². The van der Waals surface area contributed by atoms with Crippen molar-refractivity contribution in [1.82, 2.24) is 5.32 Å². The molecule has 0 saturated carbocycles. The molecule has 0 aromatic heterocycles. The van der Waals surface area contributed by atoms with Gasteiger partial charge in [-0.25, -0.2) is 0 Å². The third kappa shape index (κ3) is 2.37. The Bertz CT molecular complexity index is 355. The molecule has 0 spiro atoms. The molecule has 0 saturated heterocycles. The summed E-state index contributed by atoms with van der Waals surface area (Å²) in [5, 5.41) is 2.95. The fourth-order valence-electron chi connectivity index (χ4n) is 1.45. The minimum atomic E-state index is -0.310. The molecule has 0 aliphatic heterocycles. The van der Waals surface area contributed by atoms with E-state index in [-0.39, 0.29) is 6.17 Å². The Kier molecular flexibility index (Phi) is 4.39. The maximum absolute atomic E-state index is 5.90. The van der Waals surface area contributed by atoms with Crippen LogP contribution in [0, 0.1) is 0 Å². The Labute approximate surface area is 95.5 Å². The van der Waals surface area contributed by atoms with Gasteiger partial charge in [0.2, 0.25) is 0 Å². The minimum Gasteiger partial charge on any atom is -0.496 e. The molecular formula is C11H18N2O3. The molecule has 0 heterocycles. The summed E-state index contributed by atoms with van der Waals surface area (Å²) in [5.41, 5.74) is 6.72. The third-order valence-electron chi connectivity index (χ3n) is 2.38. The van der Waals surface area contributed by atoms with Crippen molar-refractivity contribution in [3.63, 3.8) is 0 Å². The van der Waals surface area contributed by atoms with Gasteiger partial charge in [0.25, 0.3) is 0 Å². The van der Waals surface area contributed by atoms with Gasteiger partial charge < -0.3 is 25.3 Å². The Morgan fingerprint density at radius 1 is 1.00 bits per heavy atom. The van der Waals surface area contributed by atoms with Crippen molar-refractivity contribution in [2.75, 3.05) is 28.4 Å². The molecule has 1 rings (SSSR count). The van der Waals surface area contributed by atoms with Gasteiger partial charge in [-0.05, 0) is 13.1 Å². The average Bonchev–Trinajstić information content (AvgIpc) is 2.35. The first-order chi connectivity index (χ1) is 7.67. The fourth-order valence-corrected chi connectivity index (χ4v) is 1.45. The Balaban J connectivity index is 3.25. The molecule has 5 heteroatoms. The molecule has 1 atom stereocenters. The normalized spacial score (nSPS) is 12.1. The maximum Gasteiger partial charge on any atom is 0.164 e. The molecule has 16 heavy (non-hydrogen) atoms. The van der Waals surface area contributed by atoms with Crippen LogP contribution >= 0.6 is 0 Å². The summed E-state index contributed by atoms with van der Waals surface area (Å²) in [4.78, 5) is 0. The quantitative estimate of drug-likeness (QED) is 0.730. The number of benzene rings is 1. The van der Waals surface area contributed by atoms with E-state index in [1.807, 2.05) is 0 Å². The lowest BCUT2D eigenvalue weighted by atomic mass is 10.1. The van der Waals surface area contributed by atoms with E-state index in [9.17, 15) is 0 Å². The van der Waals surface area contributed by atoms with Crippen molar-refractivity contribution in [1.29, 1.82) is 0 Å². The van der Waals surface area contributed by atoms with E-state index < -0.39 is 0 Å². The van der Waals surface area contributed by atoms with Gasteiger partial charge in [0, 0.05) is 11.6 Å². The summed E-state index contributed by atoms with van der Waals surface area (Å²) in [6.45, 7) is 0. The number of hydrogen-bond donors (Lipinski definition) is 2. The Hall–Kier alpha value is -1.46. The Morgan fingerprint density at radius 3 is 1.94 bits per heavy atom. The van der Waals surface area contributed by atoms with E-state index in [0.717, 1.165) is 5.56 Å². The lowest BCUT2D eigenvalue weighted by molar-refractivity contribution is 0.345. The van der Waals surface area contributed by atoms with Crippen molar-refractivity contribution in [3.05, 3.63) is 17.7 Å². The first-order valence-corrected chi connectivity index (χ1v) is 4.90. The second-order valence-corrected chi connectivity index (χ2v) is 3.22. The average molecular weight is 226 g/mol. The second-order valence-electron chi connectivity index (χ2n) is 3.22. The molecule has 1 aromatic carbocycles. The second kappa shape index (κ2) is 5.58. The summed E-state index contributed by atoms with van der Waals surface area (Å²) in [7, 11) is 6.53. The van der Waals surface area contributed by atoms with Gasteiger partial charge in [0.1, 0.15) is 5.75 Å². The van der Waals surface area contributed by atoms with E-state index >= 15 is 0 Å². The summed E-state index contributed by atoms with van der Waals surface area (Å²) in [6.07, 6.45) is -0.310. The number of nitrogens with two attached hydrogens (primary N) is 1. The lowest BCUT2D eigenvalue weighted by Crippen LogP contribution is -2.25. The summed E-state index contributed by atoms with van der Waals surface area (Å²) < 4.78 is 15.6. The molecule has 0 amide bonds. The van der Waals surface area contributed by atoms with Gasteiger partial charge in [-0.2, -0.15) is 0 Å². The van der Waals surface area contributed by atoms with Crippen molar-refractivity contribution < 1.29 is 14.2 Å². The standard InChI is InChI=1S/C11H18N2O3/c1-13-11(12)7-5-9(15-3)10(16-4)6-8(7)14-2/h5-6,11,13H,12H2,1-4H3. The van der Waals surface area contributed by atoms with Crippen molar-refractivity contribution in [3.8, 4) is 17.2 Å². The van der Waals surface area contributed by atoms with Crippen LogP contribution in [0.15, 0.2) is 12.1 Å². The largest absolute Gasteiger partial charge is 0.496 e. The third-order valence-corrected chi connectivity index (χ3v) is 2.38. The molecule has 0 aliphatic carbocycles. The van der Waals surface area contributed by atoms with Crippen LogP contribution in [0.25, 0.3) is 0 Å². The molecular weight excluding hydrogens is 208 g/mol. The van der Waals surface area contributed by atoms with Crippen LogP contribution in [0.1, 0.15) is 11.7 Å². The Morgan fingerprint density at radius 2 is 1.50 bits per heavy atom. The lowest BCUT2D eigenvalue weighted by Gasteiger charge is -2.17. The zero-order chi connectivity index (χ0) is 12.1. The molecule has 0 aliphatic rings. The summed E-state index contributed by atoms with van der Waals surface area (Å²) in [5.74, 6) is 1.91. The van der Waals surface area contributed by atoms with Crippen LogP contribution < -0.4 is 25.3 Å². The number of methoxy groups -OCH3 is 3. The highest BCUT2D eigenvalue weighted by atomic mass is 16.5. The van der Waals surface area contributed by atoms with E-state index in [4.69, 9.17) is 19.9 Å². The van der Waals surface area contributed by atoms with Crippen LogP contribution in [0.2, 0.25) is 0 Å². The molecule has 0 radical (unpaired) electrons. The number of rotatable bonds is 5. The first kappa shape index (κ1) is 12.6. The van der Waals surface area contributed by atoms with E-state index in [1.54, 1.807) is 40.5 Å². The van der Waals surface area contributed by atoms with Crippen LogP contribution in [0.5, 0.6) is 17.2 Å². The maximum atomic E-state index is 5.90.